The van der Waals surface area contributed by atoms with Gasteiger partial charge in [0.25, 0.3) is 0 Å². The molecule has 271 valence electrons. The molecule has 6 aliphatic rings. The first-order valence-corrected chi connectivity index (χ1v) is 34.1. The van der Waals surface area contributed by atoms with Crippen LogP contribution in [0.2, 0.25) is 0 Å². The van der Waals surface area contributed by atoms with Crippen molar-refractivity contribution in [2.24, 2.45) is 0 Å². The second-order valence-corrected chi connectivity index (χ2v) is 51.6. The van der Waals surface area contributed by atoms with Crippen molar-refractivity contribution < 1.29 is 12.4 Å². The Hall–Kier alpha value is 0.863. The molecule has 0 unspecified atom stereocenters. The van der Waals surface area contributed by atoms with E-state index in [0.717, 1.165) is 34.0 Å². The summed E-state index contributed by atoms with van der Waals surface area (Å²) in [5.74, 6) is 0. The van der Waals surface area contributed by atoms with Crippen LogP contribution in [0.5, 0.6) is 0 Å². The number of halogens is 1. The summed E-state index contributed by atoms with van der Waals surface area (Å²) in [4.78, 5) is 0. The molecule has 6 saturated carbocycles. The molecule has 1 aromatic carbocycles. The maximum atomic E-state index is 9.96. The van der Waals surface area contributed by atoms with Gasteiger partial charge < -0.3 is 0 Å². The summed E-state index contributed by atoms with van der Waals surface area (Å²) in [7, 11) is 9.96. The Morgan fingerprint density at radius 2 is 0.617 bits per heavy atom. The minimum absolute atomic E-state index is 1.05. The zero-order valence-electron chi connectivity index (χ0n) is 30.4. The van der Waals surface area contributed by atoms with E-state index >= 15 is 0 Å². The zero-order valence-corrected chi connectivity index (χ0v) is 34.9. The van der Waals surface area contributed by atoms with Crippen LogP contribution < -0.4 is 0 Å². The summed E-state index contributed by atoms with van der Waals surface area (Å²) in [6, 6.07) is 12.2. The topological polar surface area (TPSA) is 0 Å². The molecule has 0 amide bonds. The summed E-state index contributed by atoms with van der Waals surface area (Å²) in [5, 5.41) is 0. The Bertz CT molecular complexity index is 972. The van der Waals surface area contributed by atoms with E-state index in [9.17, 15) is 9.69 Å². The summed E-state index contributed by atoms with van der Waals surface area (Å²) >= 11 is -3.00. The monoisotopic (exact) mass is 789 g/mol. The van der Waals surface area contributed by atoms with Gasteiger partial charge >= 0.3 is 300 Å². The van der Waals surface area contributed by atoms with Gasteiger partial charge in [0, 0.05) is 0 Å². The molecule has 4 heteroatoms. The van der Waals surface area contributed by atoms with E-state index in [2.05, 4.69) is 34.9 Å². The van der Waals surface area contributed by atoms with Crippen molar-refractivity contribution in [2.75, 3.05) is 0 Å². The quantitative estimate of drug-likeness (QED) is 0.173. The first-order valence-electron chi connectivity index (χ1n) is 21.5. The summed E-state index contributed by atoms with van der Waals surface area (Å²) in [5.41, 5.74) is 3.95. The molecular weight excluding hydrogens is 715 g/mol. The van der Waals surface area contributed by atoms with E-state index in [1.165, 1.54) is 116 Å². The van der Waals surface area contributed by atoms with Gasteiger partial charge in [0.2, 0.25) is 0 Å². The van der Waals surface area contributed by atoms with Gasteiger partial charge in [0.05, 0.1) is 0 Å². The second-order valence-electron chi connectivity index (χ2n) is 17.6. The number of rotatable bonds is 9. The molecule has 0 heterocycles. The van der Waals surface area contributed by atoms with Crippen LogP contribution in [0.4, 0.5) is 0 Å². The molecule has 6 aliphatic carbocycles. The summed E-state index contributed by atoms with van der Waals surface area (Å²) in [6.07, 6.45) is 46.4. The molecule has 0 N–H and O–H groups in total. The first kappa shape index (κ1) is 36.2. The van der Waals surface area contributed by atoms with Crippen molar-refractivity contribution >= 4 is 25.5 Å². The fraction of sp³-hybridized carbons (Fsp3) is 0.837. The van der Waals surface area contributed by atoms with Crippen molar-refractivity contribution in [1.29, 1.82) is 0 Å². The third-order valence-corrected chi connectivity index (χ3v) is 75.8. The number of hydrogen-bond donors (Lipinski definition) is 0. The average molecular weight is 790 g/mol. The predicted molar refractivity (Wildman–Crippen MR) is 215 cm³/mol. The van der Waals surface area contributed by atoms with Gasteiger partial charge in [0.15, 0.2) is 0 Å². The van der Waals surface area contributed by atoms with E-state index in [-0.39, 0.29) is 0 Å². The molecule has 0 aliphatic heterocycles. The molecule has 0 atom stereocenters. The molecule has 47 heavy (non-hydrogen) atoms. The summed E-state index contributed by atoms with van der Waals surface area (Å²) in [6.45, 7) is 0. The van der Waals surface area contributed by atoms with Crippen molar-refractivity contribution in [3.05, 3.63) is 35.9 Å². The third kappa shape index (κ3) is 7.03. The Morgan fingerprint density at radius 1 is 0.383 bits per heavy atom. The SMILES string of the molecule is [Cl][Ru](=[CH]c1ccccc1)([PH](C1CCCCC1)(C1CCCCC1)C1CCCCC1)[PH](C1CCCCC1)(C1CCCCC1)C1CCCCC1. The Labute approximate surface area is 298 Å². The normalized spacial score (nSPS) is 29.1. The van der Waals surface area contributed by atoms with Gasteiger partial charge in [-0.25, -0.2) is 0 Å². The molecule has 0 spiro atoms. The van der Waals surface area contributed by atoms with E-state index in [0.29, 0.717) is 0 Å². The van der Waals surface area contributed by atoms with Gasteiger partial charge in [-0.3, -0.25) is 0 Å². The molecular formula is C43H74ClP2Ru. The zero-order chi connectivity index (χ0) is 32.0. The van der Waals surface area contributed by atoms with E-state index in [1.807, 2.05) is 0 Å². The number of benzene rings is 1. The molecule has 0 aromatic heterocycles. The fourth-order valence-electron chi connectivity index (χ4n) is 13.6. The van der Waals surface area contributed by atoms with Crippen molar-refractivity contribution in [1.82, 2.24) is 0 Å². The summed E-state index contributed by atoms with van der Waals surface area (Å²) < 4.78 is 3.21. The maximum absolute atomic E-state index is 9.96. The predicted octanol–water partition coefficient (Wildman–Crippen LogP) is 14.5. The van der Waals surface area contributed by atoms with Crippen molar-refractivity contribution in [3.8, 4) is 0 Å². The standard InChI is InChI=1S/2C18H33P.C7H6.ClH.Ru/c2*1-4-10-16(11-5-1)19(17-12-6-2-7-13-17)18-14-8-3-9-15-18;1-7-5-3-2-4-6-7;;/h2*16-18H,1-15H2;1-6H;1H;/q;;;;-1/p+1. The van der Waals surface area contributed by atoms with Gasteiger partial charge in [0.1, 0.15) is 0 Å². The minimum atomic E-state index is -3.00. The molecule has 0 bridgehead atoms. The van der Waals surface area contributed by atoms with Gasteiger partial charge in [-0.05, 0) is 0 Å². The number of hydrogen-bond acceptors (Lipinski definition) is 0. The van der Waals surface area contributed by atoms with Crippen LogP contribution in [0.3, 0.4) is 0 Å². The van der Waals surface area contributed by atoms with Crippen LogP contribution in [-0.4, -0.2) is 38.6 Å². The third-order valence-electron chi connectivity index (χ3n) is 15.3. The molecule has 7 rings (SSSR count). The van der Waals surface area contributed by atoms with Crippen LogP contribution in [0, 0.1) is 0 Å². The van der Waals surface area contributed by atoms with Gasteiger partial charge in [-0.15, -0.1) is 0 Å². The van der Waals surface area contributed by atoms with E-state index in [4.69, 9.17) is 0 Å². The molecule has 6 fully saturated rings. The first-order chi connectivity index (χ1) is 23.2. The van der Waals surface area contributed by atoms with Crippen LogP contribution in [0.1, 0.15) is 198 Å². The molecule has 0 saturated heterocycles. The molecule has 0 nitrogen and oxygen atoms in total. The average Bonchev–Trinajstić information content (AvgIpc) is 3.15. The van der Waals surface area contributed by atoms with Gasteiger partial charge in [-0.2, -0.15) is 0 Å². The van der Waals surface area contributed by atoms with Crippen LogP contribution in [0.15, 0.2) is 30.3 Å². The van der Waals surface area contributed by atoms with Gasteiger partial charge in [-0.1, -0.05) is 0 Å². The van der Waals surface area contributed by atoms with E-state index < -0.39 is 23.6 Å². The van der Waals surface area contributed by atoms with Crippen molar-refractivity contribution in [3.63, 3.8) is 0 Å². The Kier molecular flexibility index (Phi) is 13.2. The van der Waals surface area contributed by atoms with Crippen LogP contribution in [0.25, 0.3) is 0 Å². The van der Waals surface area contributed by atoms with Crippen LogP contribution >= 0.6 is 20.9 Å². The molecule has 0 radical (unpaired) electrons. The second kappa shape index (κ2) is 17.1. The Morgan fingerprint density at radius 3 is 0.851 bits per heavy atom. The van der Waals surface area contributed by atoms with E-state index in [1.54, 1.807) is 82.6 Å². The van der Waals surface area contributed by atoms with Crippen LogP contribution in [-0.2, 0) is 12.4 Å². The van der Waals surface area contributed by atoms with Crippen molar-refractivity contribution in [2.45, 2.75) is 227 Å². The fourth-order valence-corrected chi connectivity index (χ4v) is 102. The molecule has 1 aromatic rings. The Balaban J connectivity index is 1.59.